The average molecular weight is 221 g/mol. The maximum atomic E-state index is 10.8. The fraction of sp³-hybridized carbons (Fsp3) is 0.286. The summed E-state index contributed by atoms with van der Waals surface area (Å²) in [6.45, 7) is 6.07. The third-order valence-electron chi connectivity index (χ3n) is 1.31. The van der Waals surface area contributed by atoms with E-state index in [-0.39, 0.29) is 5.03 Å². The second-order valence-corrected chi connectivity index (χ2v) is 5.29. The van der Waals surface area contributed by atoms with Crippen molar-refractivity contribution in [3.8, 4) is 0 Å². The molecule has 0 unspecified atom stereocenters. The van der Waals surface area contributed by atoms with Crippen molar-refractivity contribution in [3.05, 3.63) is 24.7 Å². The van der Waals surface area contributed by atoms with Crippen molar-refractivity contribution in [1.29, 1.82) is 0 Å². The molecule has 1 heterocycles. The number of hydrogen-bond donors (Lipinski definition) is 0. The summed E-state index contributed by atoms with van der Waals surface area (Å²) in [5.41, 5.74) is 0.913. The molecule has 0 aromatic carbocycles. The summed E-state index contributed by atoms with van der Waals surface area (Å²) < 4.78 is 23.2. The Labute approximate surface area is 81.3 Å². The lowest BCUT2D eigenvalue weighted by Crippen LogP contribution is -1.94. The molecule has 6 heteroatoms. The highest BCUT2D eigenvalue weighted by Gasteiger charge is 2.12. The lowest BCUT2D eigenvalue weighted by molar-refractivity contribution is 0.606. The molecule has 0 N–H and O–H groups in total. The van der Waals surface area contributed by atoms with Crippen LogP contribution in [-0.4, -0.2) is 18.0 Å². The van der Waals surface area contributed by atoms with Crippen molar-refractivity contribution in [2.75, 3.05) is 0 Å². The van der Waals surface area contributed by atoms with Crippen LogP contribution < -0.4 is 0 Å². The summed E-state index contributed by atoms with van der Waals surface area (Å²) in [5.74, 6) is 0. The molecule has 0 amide bonds. The van der Waals surface area contributed by atoms with Crippen molar-refractivity contribution in [2.45, 2.75) is 18.5 Å². The van der Waals surface area contributed by atoms with Crippen molar-refractivity contribution in [1.82, 2.24) is 9.55 Å². The van der Waals surface area contributed by atoms with Gasteiger partial charge in [0.25, 0.3) is 9.05 Å². The summed E-state index contributed by atoms with van der Waals surface area (Å²) >= 11 is 0. The zero-order valence-electron chi connectivity index (χ0n) is 7.07. The number of rotatable bonds is 3. The Morgan fingerprint density at radius 1 is 1.77 bits per heavy atom. The molecule has 1 aromatic rings. The van der Waals surface area contributed by atoms with Gasteiger partial charge in [-0.2, -0.15) is 0 Å². The molecule has 1 rings (SSSR count). The average Bonchev–Trinajstić information content (AvgIpc) is 2.32. The van der Waals surface area contributed by atoms with Gasteiger partial charge in [-0.05, 0) is 6.92 Å². The third kappa shape index (κ3) is 2.86. The SMILES string of the molecule is C=C(C)Cn1cnc(S(=O)(=O)Cl)c1. The summed E-state index contributed by atoms with van der Waals surface area (Å²) in [7, 11) is 1.38. The molecule has 0 aliphatic heterocycles. The molecule has 4 nitrogen and oxygen atoms in total. The first-order chi connectivity index (χ1) is 5.89. The minimum atomic E-state index is -3.71. The molecule has 0 saturated carbocycles. The van der Waals surface area contributed by atoms with E-state index in [2.05, 4.69) is 11.6 Å². The van der Waals surface area contributed by atoms with Gasteiger partial charge in [0.15, 0.2) is 5.03 Å². The molecule has 0 spiro atoms. The highest BCUT2D eigenvalue weighted by Crippen LogP contribution is 2.11. The molecular formula is C7H9ClN2O2S. The van der Waals surface area contributed by atoms with E-state index in [1.165, 1.54) is 12.5 Å². The van der Waals surface area contributed by atoms with Crippen LogP contribution in [0.4, 0.5) is 0 Å². The molecule has 0 bridgehead atoms. The van der Waals surface area contributed by atoms with Gasteiger partial charge in [0.2, 0.25) is 0 Å². The second-order valence-electron chi connectivity index (χ2n) is 2.78. The van der Waals surface area contributed by atoms with Gasteiger partial charge in [-0.3, -0.25) is 0 Å². The topological polar surface area (TPSA) is 52.0 Å². The first kappa shape index (κ1) is 10.3. The number of allylic oxidation sites excluding steroid dienone is 1. The fourth-order valence-electron chi connectivity index (χ4n) is 0.864. The Morgan fingerprint density at radius 3 is 2.77 bits per heavy atom. The Hall–Kier alpha value is -0.810. The Kier molecular flexibility index (Phi) is 2.77. The van der Waals surface area contributed by atoms with Crippen LogP contribution in [-0.2, 0) is 15.6 Å². The maximum Gasteiger partial charge on any atom is 0.280 e. The molecule has 72 valence electrons. The number of hydrogen-bond acceptors (Lipinski definition) is 3. The zero-order valence-corrected chi connectivity index (χ0v) is 8.64. The normalized spacial score (nSPS) is 11.5. The van der Waals surface area contributed by atoms with E-state index in [0.717, 1.165) is 5.57 Å². The standard InChI is InChI=1S/C7H9ClN2O2S/c1-6(2)3-10-4-7(9-5-10)13(8,11)12/h4-5H,1,3H2,2H3. The van der Waals surface area contributed by atoms with E-state index in [1.807, 2.05) is 6.92 Å². The molecule has 13 heavy (non-hydrogen) atoms. The summed E-state index contributed by atoms with van der Waals surface area (Å²) in [4.78, 5) is 3.64. The Bertz CT molecular complexity index is 421. The number of imidazole rings is 1. The Balaban J connectivity index is 2.94. The van der Waals surface area contributed by atoms with Gasteiger partial charge >= 0.3 is 0 Å². The minimum absolute atomic E-state index is 0.129. The summed E-state index contributed by atoms with van der Waals surface area (Å²) in [6, 6.07) is 0. The maximum absolute atomic E-state index is 10.8. The first-order valence-electron chi connectivity index (χ1n) is 3.50. The van der Waals surface area contributed by atoms with Gasteiger partial charge in [0.05, 0.1) is 6.33 Å². The number of aromatic nitrogens is 2. The molecule has 0 radical (unpaired) electrons. The van der Waals surface area contributed by atoms with Gasteiger partial charge in [0.1, 0.15) is 0 Å². The highest BCUT2D eigenvalue weighted by molar-refractivity contribution is 8.13. The van der Waals surface area contributed by atoms with E-state index in [4.69, 9.17) is 10.7 Å². The fourth-order valence-corrected chi connectivity index (χ4v) is 1.54. The van der Waals surface area contributed by atoms with Gasteiger partial charge in [-0.15, -0.1) is 0 Å². The quantitative estimate of drug-likeness (QED) is 0.571. The van der Waals surface area contributed by atoms with E-state index in [9.17, 15) is 8.42 Å². The van der Waals surface area contributed by atoms with Crippen LogP contribution in [0.15, 0.2) is 29.7 Å². The molecule has 0 aliphatic rings. The predicted octanol–water partition coefficient (Wildman–Crippen LogP) is 1.39. The number of halogens is 1. The van der Waals surface area contributed by atoms with Gasteiger partial charge in [0, 0.05) is 23.4 Å². The number of nitrogens with zero attached hydrogens (tertiary/aromatic N) is 2. The molecule has 0 aliphatic carbocycles. The second kappa shape index (κ2) is 3.51. The molecule has 1 aromatic heterocycles. The van der Waals surface area contributed by atoms with Crippen LogP contribution in [0.3, 0.4) is 0 Å². The molecule has 0 saturated heterocycles. The third-order valence-corrected chi connectivity index (χ3v) is 2.50. The highest BCUT2D eigenvalue weighted by atomic mass is 35.7. The Morgan fingerprint density at radius 2 is 2.38 bits per heavy atom. The predicted molar refractivity (Wildman–Crippen MR) is 50.1 cm³/mol. The zero-order chi connectivity index (χ0) is 10.1. The van der Waals surface area contributed by atoms with E-state index < -0.39 is 9.05 Å². The molecular weight excluding hydrogens is 212 g/mol. The largest absolute Gasteiger partial charge is 0.332 e. The van der Waals surface area contributed by atoms with Crippen molar-refractivity contribution in [3.63, 3.8) is 0 Å². The van der Waals surface area contributed by atoms with Crippen LogP contribution in [0, 0.1) is 0 Å². The van der Waals surface area contributed by atoms with E-state index >= 15 is 0 Å². The summed E-state index contributed by atoms with van der Waals surface area (Å²) in [6.07, 6.45) is 2.78. The van der Waals surface area contributed by atoms with Gasteiger partial charge in [-0.1, -0.05) is 12.2 Å². The van der Waals surface area contributed by atoms with Gasteiger partial charge < -0.3 is 4.57 Å². The van der Waals surface area contributed by atoms with Crippen molar-refractivity contribution < 1.29 is 8.42 Å². The monoisotopic (exact) mass is 220 g/mol. The van der Waals surface area contributed by atoms with E-state index in [0.29, 0.717) is 6.54 Å². The van der Waals surface area contributed by atoms with Crippen LogP contribution in [0.1, 0.15) is 6.92 Å². The lowest BCUT2D eigenvalue weighted by atomic mass is 10.3. The van der Waals surface area contributed by atoms with Crippen LogP contribution in [0.2, 0.25) is 0 Å². The van der Waals surface area contributed by atoms with E-state index in [1.54, 1.807) is 4.57 Å². The van der Waals surface area contributed by atoms with Crippen molar-refractivity contribution >= 4 is 19.7 Å². The summed E-state index contributed by atoms with van der Waals surface area (Å²) in [5, 5.41) is -0.129. The molecule has 0 atom stereocenters. The van der Waals surface area contributed by atoms with Crippen LogP contribution >= 0.6 is 10.7 Å². The van der Waals surface area contributed by atoms with Crippen molar-refractivity contribution in [2.24, 2.45) is 0 Å². The lowest BCUT2D eigenvalue weighted by Gasteiger charge is -1.98. The minimum Gasteiger partial charge on any atom is -0.332 e. The van der Waals surface area contributed by atoms with Crippen LogP contribution in [0.25, 0.3) is 0 Å². The van der Waals surface area contributed by atoms with Crippen LogP contribution in [0.5, 0.6) is 0 Å². The smallest absolute Gasteiger partial charge is 0.280 e. The first-order valence-corrected chi connectivity index (χ1v) is 5.81. The van der Waals surface area contributed by atoms with Gasteiger partial charge in [-0.25, -0.2) is 13.4 Å². The molecule has 0 fully saturated rings.